The fourth-order valence-corrected chi connectivity index (χ4v) is 2.29. The van der Waals surface area contributed by atoms with Crippen molar-refractivity contribution in [1.82, 2.24) is 14.9 Å². The number of hydrogen-bond acceptors (Lipinski definition) is 4. The van der Waals surface area contributed by atoms with Crippen LogP contribution in [0.2, 0.25) is 0 Å². The number of rotatable bonds is 10. The SMILES string of the molecule is CN=C(NCCCNS(C)(=O)=O)N(C)CCOCC1CC1. The molecule has 1 aliphatic rings. The summed E-state index contributed by atoms with van der Waals surface area (Å²) in [4.78, 5) is 6.21. The lowest BCUT2D eigenvalue weighted by Gasteiger charge is -2.22. The largest absolute Gasteiger partial charge is 0.379 e. The second-order valence-corrected chi connectivity index (χ2v) is 7.27. The molecule has 0 spiro atoms. The van der Waals surface area contributed by atoms with E-state index in [1.807, 2.05) is 11.9 Å². The van der Waals surface area contributed by atoms with Gasteiger partial charge in [0.1, 0.15) is 0 Å². The average Bonchev–Trinajstić information content (AvgIpc) is 3.21. The van der Waals surface area contributed by atoms with Crippen LogP contribution < -0.4 is 10.0 Å². The monoisotopic (exact) mass is 320 g/mol. The molecule has 0 aliphatic heterocycles. The lowest BCUT2D eigenvalue weighted by atomic mass is 10.4. The van der Waals surface area contributed by atoms with Crippen molar-refractivity contribution >= 4 is 16.0 Å². The summed E-state index contributed by atoms with van der Waals surface area (Å²) in [5.41, 5.74) is 0. The number of hydrogen-bond donors (Lipinski definition) is 2. The van der Waals surface area contributed by atoms with Crippen molar-refractivity contribution in [2.75, 3.05) is 53.2 Å². The van der Waals surface area contributed by atoms with Crippen molar-refractivity contribution in [3.8, 4) is 0 Å². The first kappa shape index (κ1) is 18.2. The van der Waals surface area contributed by atoms with E-state index in [1.54, 1.807) is 7.05 Å². The minimum absolute atomic E-state index is 0.428. The molecule has 0 aromatic carbocycles. The number of nitrogens with one attached hydrogen (secondary N) is 2. The molecule has 124 valence electrons. The maximum Gasteiger partial charge on any atom is 0.208 e. The normalized spacial score (nSPS) is 16.0. The smallest absolute Gasteiger partial charge is 0.208 e. The van der Waals surface area contributed by atoms with Crippen molar-refractivity contribution in [1.29, 1.82) is 0 Å². The van der Waals surface area contributed by atoms with Gasteiger partial charge < -0.3 is 15.0 Å². The van der Waals surface area contributed by atoms with Crippen LogP contribution >= 0.6 is 0 Å². The van der Waals surface area contributed by atoms with Gasteiger partial charge in [-0.2, -0.15) is 0 Å². The Morgan fingerprint density at radius 1 is 1.38 bits per heavy atom. The highest BCUT2D eigenvalue weighted by Crippen LogP contribution is 2.28. The van der Waals surface area contributed by atoms with Crippen molar-refractivity contribution < 1.29 is 13.2 Å². The van der Waals surface area contributed by atoms with Crippen LogP contribution in [0.4, 0.5) is 0 Å². The molecule has 0 amide bonds. The molecule has 0 saturated heterocycles. The minimum atomic E-state index is -3.10. The van der Waals surface area contributed by atoms with Gasteiger partial charge in [-0.3, -0.25) is 4.99 Å². The van der Waals surface area contributed by atoms with Gasteiger partial charge in [0.05, 0.1) is 12.9 Å². The third kappa shape index (κ3) is 9.65. The van der Waals surface area contributed by atoms with Gasteiger partial charge in [-0.1, -0.05) is 0 Å². The molecular weight excluding hydrogens is 292 g/mol. The van der Waals surface area contributed by atoms with Crippen molar-refractivity contribution in [3.05, 3.63) is 0 Å². The molecule has 1 saturated carbocycles. The predicted octanol–water partition coefficient (Wildman–Crippen LogP) is -0.140. The van der Waals surface area contributed by atoms with E-state index in [-0.39, 0.29) is 0 Å². The van der Waals surface area contributed by atoms with E-state index < -0.39 is 10.0 Å². The molecule has 7 nitrogen and oxygen atoms in total. The Labute approximate surface area is 128 Å². The van der Waals surface area contributed by atoms with Gasteiger partial charge >= 0.3 is 0 Å². The average molecular weight is 320 g/mol. The topological polar surface area (TPSA) is 83.0 Å². The van der Waals surface area contributed by atoms with Crippen LogP contribution in [0.15, 0.2) is 4.99 Å². The summed E-state index contributed by atoms with van der Waals surface area (Å²) in [6, 6.07) is 0. The first-order chi connectivity index (χ1) is 9.92. The number of aliphatic imine (C=N–C) groups is 1. The summed E-state index contributed by atoms with van der Waals surface area (Å²) >= 11 is 0. The fourth-order valence-electron chi connectivity index (χ4n) is 1.77. The molecule has 1 aliphatic carbocycles. The summed E-state index contributed by atoms with van der Waals surface area (Å²) in [5, 5.41) is 3.20. The fraction of sp³-hybridized carbons (Fsp3) is 0.923. The number of likely N-dealkylation sites (N-methyl/N-ethyl adjacent to an activating group) is 1. The molecule has 21 heavy (non-hydrogen) atoms. The van der Waals surface area contributed by atoms with Gasteiger partial charge in [-0.05, 0) is 25.2 Å². The molecule has 0 atom stereocenters. The van der Waals surface area contributed by atoms with Crippen molar-refractivity contribution in [2.45, 2.75) is 19.3 Å². The second kappa shape index (κ2) is 9.22. The minimum Gasteiger partial charge on any atom is -0.379 e. The highest BCUT2D eigenvalue weighted by molar-refractivity contribution is 7.88. The first-order valence-corrected chi connectivity index (χ1v) is 9.25. The van der Waals surface area contributed by atoms with Crippen LogP contribution in [-0.4, -0.2) is 72.5 Å². The molecule has 0 aromatic rings. The van der Waals surface area contributed by atoms with E-state index in [0.29, 0.717) is 26.1 Å². The van der Waals surface area contributed by atoms with Gasteiger partial charge in [0.25, 0.3) is 0 Å². The van der Waals surface area contributed by atoms with Crippen LogP contribution in [0.25, 0.3) is 0 Å². The summed E-state index contributed by atoms with van der Waals surface area (Å²) in [7, 11) is 0.599. The molecule has 0 heterocycles. The summed E-state index contributed by atoms with van der Waals surface area (Å²) in [6.07, 6.45) is 4.48. The summed E-state index contributed by atoms with van der Waals surface area (Å²) in [6.45, 7) is 3.45. The molecule has 2 N–H and O–H groups in total. The second-order valence-electron chi connectivity index (χ2n) is 5.43. The van der Waals surface area contributed by atoms with Crippen LogP contribution in [0.1, 0.15) is 19.3 Å². The van der Waals surface area contributed by atoms with Gasteiger partial charge in [0.2, 0.25) is 10.0 Å². The molecular formula is C13H28N4O3S. The number of nitrogens with zero attached hydrogens (tertiary/aromatic N) is 2. The van der Waals surface area contributed by atoms with Crippen LogP contribution in [-0.2, 0) is 14.8 Å². The van der Waals surface area contributed by atoms with E-state index in [0.717, 1.165) is 31.3 Å². The molecule has 0 bridgehead atoms. The third-order valence-corrected chi connectivity index (χ3v) is 3.92. The number of guanidine groups is 1. The molecule has 0 aromatic heterocycles. The molecule has 0 unspecified atom stereocenters. The van der Waals surface area contributed by atoms with E-state index in [2.05, 4.69) is 15.0 Å². The quantitative estimate of drug-likeness (QED) is 0.333. The maximum absolute atomic E-state index is 10.9. The highest BCUT2D eigenvalue weighted by atomic mass is 32.2. The number of sulfonamides is 1. The van der Waals surface area contributed by atoms with Crippen LogP contribution in [0.3, 0.4) is 0 Å². The van der Waals surface area contributed by atoms with Gasteiger partial charge in [0, 0.05) is 40.3 Å². The third-order valence-electron chi connectivity index (χ3n) is 3.20. The lowest BCUT2D eigenvalue weighted by Crippen LogP contribution is -2.41. The Bertz CT molecular complexity index is 421. The Morgan fingerprint density at radius 2 is 2.10 bits per heavy atom. The molecule has 1 fully saturated rings. The zero-order valence-corrected chi connectivity index (χ0v) is 14.1. The zero-order valence-electron chi connectivity index (χ0n) is 13.3. The lowest BCUT2D eigenvalue weighted by molar-refractivity contribution is 0.115. The number of ether oxygens (including phenoxy) is 1. The van der Waals surface area contributed by atoms with E-state index in [9.17, 15) is 8.42 Å². The molecule has 1 rings (SSSR count). The molecule has 0 radical (unpaired) electrons. The standard InChI is InChI=1S/C13H28N4O3S/c1-14-13(15-7-4-8-16-21(3,18)19)17(2)9-10-20-11-12-5-6-12/h12,16H,4-11H2,1-3H3,(H,14,15). The Kier molecular flexibility index (Phi) is 7.98. The summed E-state index contributed by atoms with van der Waals surface area (Å²) < 4.78 is 29.9. The van der Waals surface area contributed by atoms with Gasteiger partial charge in [-0.15, -0.1) is 0 Å². The van der Waals surface area contributed by atoms with E-state index in [4.69, 9.17) is 4.74 Å². The molecule has 8 heteroatoms. The highest BCUT2D eigenvalue weighted by Gasteiger charge is 2.21. The van der Waals surface area contributed by atoms with Gasteiger partial charge in [-0.25, -0.2) is 13.1 Å². The zero-order chi connectivity index (χ0) is 15.7. The van der Waals surface area contributed by atoms with E-state index in [1.165, 1.54) is 12.8 Å². The van der Waals surface area contributed by atoms with Crippen molar-refractivity contribution in [3.63, 3.8) is 0 Å². The Hall–Kier alpha value is -0.860. The summed E-state index contributed by atoms with van der Waals surface area (Å²) in [5.74, 6) is 1.58. The Morgan fingerprint density at radius 3 is 2.67 bits per heavy atom. The van der Waals surface area contributed by atoms with Crippen molar-refractivity contribution in [2.24, 2.45) is 10.9 Å². The Balaban J connectivity index is 2.08. The first-order valence-electron chi connectivity index (χ1n) is 7.36. The van der Waals surface area contributed by atoms with Crippen LogP contribution in [0.5, 0.6) is 0 Å². The van der Waals surface area contributed by atoms with Crippen LogP contribution in [0, 0.1) is 5.92 Å². The van der Waals surface area contributed by atoms with Gasteiger partial charge in [0.15, 0.2) is 5.96 Å². The van der Waals surface area contributed by atoms with E-state index >= 15 is 0 Å². The maximum atomic E-state index is 10.9. The predicted molar refractivity (Wildman–Crippen MR) is 85.0 cm³/mol.